The van der Waals surface area contributed by atoms with Crippen LogP contribution in [0.4, 0.5) is 5.69 Å². The number of aryl methyl sites for hydroxylation is 1. The molecule has 1 aromatic rings. The third-order valence-corrected chi connectivity index (χ3v) is 4.17. The fraction of sp³-hybridized carbons (Fsp3) is 0.462. The number of nitrogens with two attached hydrogens (primary N) is 1. The lowest BCUT2D eigenvalue weighted by Crippen LogP contribution is -2.28. The van der Waals surface area contributed by atoms with Crippen LogP contribution in [0.25, 0.3) is 0 Å². The van der Waals surface area contributed by atoms with Crippen LogP contribution in [0.15, 0.2) is 22.7 Å². The molecule has 0 aliphatic heterocycles. The van der Waals surface area contributed by atoms with Crippen LogP contribution in [0.3, 0.4) is 0 Å². The molecule has 0 heterocycles. The third-order valence-electron chi connectivity index (χ3n) is 3.11. The van der Waals surface area contributed by atoms with Crippen LogP contribution in [0.2, 0.25) is 0 Å². The van der Waals surface area contributed by atoms with Crippen LogP contribution in [0, 0.1) is 12.8 Å². The summed E-state index contributed by atoms with van der Waals surface area (Å²) >= 11 is 3.47. The maximum absolute atomic E-state index is 11.8. The van der Waals surface area contributed by atoms with Crippen molar-refractivity contribution >= 4 is 27.5 Å². The number of halogens is 1. The Balaban J connectivity index is 1.95. The summed E-state index contributed by atoms with van der Waals surface area (Å²) < 4.78 is 0.938. The van der Waals surface area contributed by atoms with Crippen molar-refractivity contribution < 1.29 is 4.79 Å². The van der Waals surface area contributed by atoms with Gasteiger partial charge >= 0.3 is 0 Å². The number of benzene rings is 1. The van der Waals surface area contributed by atoms with Crippen molar-refractivity contribution in [3.8, 4) is 0 Å². The summed E-state index contributed by atoms with van der Waals surface area (Å²) in [5.41, 5.74) is 7.85. The fourth-order valence-electron chi connectivity index (χ4n) is 1.85. The lowest BCUT2D eigenvalue weighted by Gasteiger charge is -2.12. The van der Waals surface area contributed by atoms with Crippen LogP contribution in [0.1, 0.15) is 24.8 Å². The standard InChI is InChI=1S/C13H17BrN2O/c1-8-3-2-4-11(13(8)14)16-12(17)7-10(15)9-5-6-9/h2-4,9-10H,5-7,15H2,1H3,(H,16,17). The summed E-state index contributed by atoms with van der Waals surface area (Å²) in [7, 11) is 0. The van der Waals surface area contributed by atoms with Crippen molar-refractivity contribution in [1.82, 2.24) is 0 Å². The highest BCUT2D eigenvalue weighted by Crippen LogP contribution is 2.33. The van der Waals surface area contributed by atoms with Gasteiger partial charge < -0.3 is 11.1 Å². The smallest absolute Gasteiger partial charge is 0.225 e. The average Bonchev–Trinajstić information content (AvgIpc) is 3.08. The Morgan fingerprint density at radius 3 is 2.94 bits per heavy atom. The normalized spacial score (nSPS) is 16.6. The molecule has 1 amide bonds. The Labute approximate surface area is 110 Å². The molecule has 3 N–H and O–H groups in total. The Hall–Kier alpha value is -0.870. The predicted octanol–water partition coefficient (Wildman–Crippen LogP) is 2.82. The Bertz CT molecular complexity index is 429. The van der Waals surface area contributed by atoms with E-state index < -0.39 is 0 Å². The van der Waals surface area contributed by atoms with Crippen molar-refractivity contribution in [3.63, 3.8) is 0 Å². The summed E-state index contributed by atoms with van der Waals surface area (Å²) in [5, 5.41) is 2.90. The van der Waals surface area contributed by atoms with Gasteiger partial charge in [0.2, 0.25) is 5.91 Å². The zero-order valence-corrected chi connectivity index (χ0v) is 11.5. The number of hydrogen-bond donors (Lipinski definition) is 2. The Morgan fingerprint density at radius 1 is 1.59 bits per heavy atom. The highest BCUT2D eigenvalue weighted by molar-refractivity contribution is 9.10. The molecule has 2 rings (SSSR count). The van der Waals surface area contributed by atoms with E-state index in [0.717, 1.165) is 15.7 Å². The monoisotopic (exact) mass is 296 g/mol. The number of carbonyl (C=O) groups excluding carboxylic acids is 1. The topological polar surface area (TPSA) is 55.1 Å². The molecule has 0 aromatic heterocycles. The summed E-state index contributed by atoms with van der Waals surface area (Å²) in [6.07, 6.45) is 2.75. The van der Waals surface area contributed by atoms with E-state index in [2.05, 4.69) is 21.2 Å². The van der Waals surface area contributed by atoms with Crippen LogP contribution < -0.4 is 11.1 Å². The third kappa shape index (κ3) is 3.30. The van der Waals surface area contributed by atoms with Gasteiger partial charge in [0.15, 0.2) is 0 Å². The highest BCUT2D eigenvalue weighted by Gasteiger charge is 2.29. The lowest BCUT2D eigenvalue weighted by atomic mass is 10.1. The second-order valence-electron chi connectivity index (χ2n) is 4.69. The van der Waals surface area contributed by atoms with Gasteiger partial charge in [0, 0.05) is 16.9 Å². The highest BCUT2D eigenvalue weighted by atomic mass is 79.9. The lowest BCUT2D eigenvalue weighted by molar-refractivity contribution is -0.116. The molecule has 3 nitrogen and oxygen atoms in total. The van der Waals surface area contributed by atoms with Gasteiger partial charge in [0.05, 0.1) is 5.69 Å². The molecule has 0 radical (unpaired) electrons. The van der Waals surface area contributed by atoms with Gasteiger partial charge in [-0.05, 0) is 53.2 Å². The number of amides is 1. The molecular formula is C13H17BrN2O. The molecule has 92 valence electrons. The van der Waals surface area contributed by atoms with Gasteiger partial charge in [0.1, 0.15) is 0 Å². The maximum Gasteiger partial charge on any atom is 0.225 e. The van der Waals surface area contributed by atoms with Gasteiger partial charge in [-0.25, -0.2) is 0 Å². The van der Waals surface area contributed by atoms with E-state index in [4.69, 9.17) is 5.73 Å². The first-order valence-corrected chi connectivity index (χ1v) is 6.68. The van der Waals surface area contributed by atoms with Crippen molar-refractivity contribution in [2.24, 2.45) is 11.7 Å². The number of nitrogens with one attached hydrogen (secondary N) is 1. The molecule has 1 saturated carbocycles. The largest absolute Gasteiger partial charge is 0.327 e. The number of rotatable bonds is 4. The van der Waals surface area contributed by atoms with E-state index in [1.165, 1.54) is 12.8 Å². The van der Waals surface area contributed by atoms with Crippen molar-refractivity contribution in [2.75, 3.05) is 5.32 Å². The molecule has 1 aliphatic rings. The molecular weight excluding hydrogens is 280 g/mol. The van der Waals surface area contributed by atoms with E-state index >= 15 is 0 Å². The minimum absolute atomic E-state index is 0.00398. The average molecular weight is 297 g/mol. The van der Waals surface area contributed by atoms with Crippen molar-refractivity contribution in [1.29, 1.82) is 0 Å². The maximum atomic E-state index is 11.8. The molecule has 4 heteroatoms. The van der Waals surface area contributed by atoms with E-state index in [9.17, 15) is 4.79 Å². The molecule has 1 unspecified atom stereocenters. The first kappa shape index (κ1) is 12.6. The van der Waals surface area contributed by atoms with Crippen molar-refractivity contribution in [2.45, 2.75) is 32.2 Å². The summed E-state index contributed by atoms with van der Waals surface area (Å²) in [6, 6.07) is 5.82. The number of anilines is 1. The zero-order chi connectivity index (χ0) is 12.4. The first-order valence-electron chi connectivity index (χ1n) is 5.88. The molecule has 1 aromatic carbocycles. The molecule has 1 aliphatic carbocycles. The second-order valence-corrected chi connectivity index (χ2v) is 5.48. The van der Waals surface area contributed by atoms with Crippen LogP contribution in [-0.4, -0.2) is 11.9 Å². The predicted molar refractivity (Wildman–Crippen MR) is 72.8 cm³/mol. The molecule has 0 spiro atoms. The minimum Gasteiger partial charge on any atom is -0.327 e. The van der Waals surface area contributed by atoms with E-state index in [-0.39, 0.29) is 11.9 Å². The van der Waals surface area contributed by atoms with Crippen LogP contribution >= 0.6 is 15.9 Å². The summed E-state index contributed by atoms with van der Waals surface area (Å²) in [5.74, 6) is 0.553. The van der Waals surface area contributed by atoms with E-state index in [0.29, 0.717) is 12.3 Å². The molecule has 1 fully saturated rings. The SMILES string of the molecule is Cc1cccc(NC(=O)CC(N)C2CC2)c1Br. The fourth-order valence-corrected chi connectivity index (χ4v) is 2.21. The van der Waals surface area contributed by atoms with Gasteiger partial charge in [-0.1, -0.05) is 12.1 Å². The van der Waals surface area contributed by atoms with E-state index in [1.54, 1.807) is 0 Å². The number of carbonyl (C=O) groups is 1. The Kier molecular flexibility index (Phi) is 3.84. The van der Waals surface area contributed by atoms with Crippen molar-refractivity contribution in [3.05, 3.63) is 28.2 Å². The summed E-state index contributed by atoms with van der Waals surface area (Å²) in [4.78, 5) is 11.8. The molecule has 0 bridgehead atoms. The molecule has 17 heavy (non-hydrogen) atoms. The second kappa shape index (κ2) is 5.19. The Morgan fingerprint density at radius 2 is 2.29 bits per heavy atom. The van der Waals surface area contributed by atoms with Gasteiger partial charge in [-0.15, -0.1) is 0 Å². The van der Waals surface area contributed by atoms with Gasteiger partial charge in [-0.3, -0.25) is 4.79 Å². The van der Waals surface area contributed by atoms with Crippen LogP contribution in [-0.2, 0) is 4.79 Å². The number of hydrogen-bond acceptors (Lipinski definition) is 2. The van der Waals surface area contributed by atoms with Crippen LogP contribution in [0.5, 0.6) is 0 Å². The minimum atomic E-state index is -0.00398. The summed E-state index contributed by atoms with van der Waals surface area (Å²) in [6.45, 7) is 2.00. The molecule has 1 atom stereocenters. The first-order chi connectivity index (χ1) is 8.08. The quantitative estimate of drug-likeness (QED) is 0.898. The van der Waals surface area contributed by atoms with Gasteiger partial charge in [0.25, 0.3) is 0 Å². The zero-order valence-electron chi connectivity index (χ0n) is 9.87. The molecule has 0 saturated heterocycles. The van der Waals surface area contributed by atoms with E-state index in [1.807, 2.05) is 25.1 Å². The van der Waals surface area contributed by atoms with Gasteiger partial charge in [-0.2, -0.15) is 0 Å².